The maximum atomic E-state index is 11.8. The number of hydrogen-bond donors (Lipinski definition) is 2. The van der Waals surface area contributed by atoms with Gasteiger partial charge < -0.3 is 17.1 Å². The van der Waals surface area contributed by atoms with Gasteiger partial charge in [-0.3, -0.25) is 9.11 Å². The SMILES string of the molecule is COc1ccc(C(CCCOCCCC(c2ccc(OC)cc2)S(=O)(=O)O)S(=O)(=O)O)cc1.[H-].[H-].[Na+].[Na+]. The average molecular weight is 551 g/mol. The summed E-state index contributed by atoms with van der Waals surface area (Å²) < 4.78 is 82.0. The van der Waals surface area contributed by atoms with Gasteiger partial charge in [0, 0.05) is 13.2 Å². The first-order valence-electron chi connectivity index (χ1n) is 10.3. The second-order valence-corrected chi connectivity index (χ2v) is 10.6. The largest absolute Gasteiger partial charge is 1.00 e. The molecule has 0 aliphatic heterocycles. The summed E-state index contributed by atoms with van der Waals surface area (Å²) in [6.07, 6.45) is 1.06. The summed E-state index contributed by atoms with van der Waals surface area (Å²) in [4.78, 5) is 0. The number of ether oxygens (including phenoxy) is 3. The Morgan fingerprint density at radius 3 is 1.26 bits per heavy atom. The Hall–Kier alpha value is -0.180. The summed E-state index contributed by atoms with van der Waals surface area (Å²) in [7, 11) is -5.59. The summed E-state index contributed by atoms with van der Waals surface area (Å²) >= 11 is 0. The summed E-state index contributed by atoms with van der Waals surface area (Å²) in [5.74, 6) is 1.16. The van der Waals surface area contributed by atoms with Crippen LogP contribution in [0.25, 0.3) is 0 Å². The van der Waals surface area contributed by atoms with Gasteiger partial charge in [-0.05, 0) is 61.1 Å². The molecule has 9 nitrogen and oxygen atoms in total. The molecule has 188 valence electrons. The third-order valence-corrected chi connectivity index (χ3v) is 7.66. The second kappa shape index (κ2) is 16.6. The summed E-state index contributed by atoms with van der Waals surface area (Å²) in [5, 5.41) is -2.16. The minimum absolute atomic E-state index is 0. The molecule has 2 unspecified atom stereocenters. The van der Waals surface area contributed by atoms with Crippen LogP contribution in [0.2, 0.25) is 0 Å². The molecule has 0 heterocycles. The van der Waals surface area contributed by atoms with Crippen LogP contribution >= 0.6 is 0 Å². The minimum atomic E-state index is -4.30. The van der Waals surface area contributed by atoms with E-state index in [-0.39, 0.29) is 88.0 Å². The van der Waals surface area contributed by atoms with E-state index in [1.54, 1.807) is 48.5 Å². The third kappa shape index (κ3) is 11.8. The van der Waals surface area contributed by atoms with E-state index in [1.165, 1.54) is 14.2 Å². The molecule has 2 atom stereocenters. The number of methoxy groups -OCH3 is 2. The number of benzene rings is 2. The monoisotopic (exact) mass is 550 g/mol. The molecule has 2 N–H and O–H groups in total. The van der Waals surface area contributed by atoms with E-state index in [0.29, 0.717) is 35.5 Å². The van der Waals surface area contributed by atoms with Gasteiger partial charge in [-0.15, -0.1) is 0 Å². The Labute approximate surface area is 255 Å². The second-order valence-electron chi connectivity index (χ2n) is 7.45. The molecule has 13 heteroatoms. The Bertz CT molecular complexity index is 999. The maximum absolute atomic E-state index is 11.8. The number of rotatable bonds is 14. The molecule has 0 radical (unpaired) electrons. The molecule has 0 fully saturated rings. The van der Waals surface area contributed by atoms with Gasteiger partial charge in [0.25, 0.3) is 20.2 Å². The van der Waals surface area contributed by atoms with Gasteiger partial charge in [-0.2, -0.15) is 16.8 Å². The standard InChI is InChI=1S/C22H30O9S2.2Na.2H/c1-29-19-11-7-17(8-12-19)21(32(23,24)25)5-3-15-31-16-4-6-22(33(26,27)28)18-9-13-20(30-2)14-10-18;;;;/h7-14,21-22H,3-6,15-16H2,1-2H3,(H,23,24,25)(H,26,27,28);;;;/q;2*+1;2*-1. The predicted molar refractivity (Wildman–Crippen MR) is 126 cm³/mol. The fraction of sp³-hybridized carbons (Fsp3) is 0.455. The Morgan fingerprint density at radius 2 is 1.00 bits per heavy atom. The summed E-state index contributed by atoms with van der Waals surface area (Å²) in [6.45, 7) is 0.475. The minimum Gasteiger partial charge on any atom is -1.00 e. The van der Waals surface area contributed by atoms with Gasteiger partial charge in [-0.1, -0.05) is 24.3 Å². The first-order chi connectivity index (χ1) is 15.6. The van der Waals surface area contributed by atoms with Crippen LogP contribution in [0, 0.1) is 0 Å². The zero-order valence-corrected chi connectivity index (χ0v) is 26.2. The van der Waals surface area contributed by atoms with Crippen molar-refractivity contribution in [1.82, 2.24) is 0 Å². The summed E-state index contributed by atoms with van der Waals surface area (Å²) in [5.41, 5.74) is 0.905. The molecule has 2 aromatic carbocycles. The van der Waals surface area contributed by atoms with Crippen LogP contribution in [0.1, 0.15) is 50.2 Å². The van der Waals surface area contributed by atoms with E-state index in [0.717, 1.165) is 0 Å². The zero-order valence-electron chi connectivity index (χ0n) is 22.6. The molecular weight excluding hydrogens is 518 g/mol. The van der Waals surface area contributed by atoms with Crippen LogP contribution in [-0.2, 0) is 25.0 Å². The van der Waals surface area contributed by atoms with Crippen molar-refractivity contribution in [3.63, 3.8) is 0 Å². The van der Waals surface area contributed by atoms with E-state index in [2.05, 4.69) is 0 Å². The molecule has 35 heavy (non-hydrogen) atoms. The Balaban J connectivity index is -0.00000289. The van der Waals surface area contributed by atoms with Crippen LogP contribution in [0.3, 0.4) is 0 Å². The molecule has 0 saturated carbocycles. The maximum Gasteiger partial charge on any atom is 1.00 e. The topological polar surface area (TPSA) is 136 Å². The van der Waals surface area contributed by atoms with Crippen LogP contribution in [0.5, 0.6) is 11.5 Å². The normalized spacial score (nSPS) is 13.1. The van der Waals surface area contributed by atoms with E-state index in [9.17, 15) is 25.9 Å². The quantitative estimate of drug-likeness (QED) is 0.157. The van der Waals surface area contributed by atoms with Gasteiger partial charge in [-0.25, -0.2) is 0 Å². The van der Waals surface area contributed by atoms with Crippen LogP contribution in [0.15, 0.2) is 48.5 Å². The van der Waals surface area contributed by atoms with E-state index in [4.69, 9.17) is 14.2 Å². The molecule has 0 aromatic heterocycles. The van der Waals surface area contributed by atoms with Gasteiger partial charge in [0.05, 0.1) is 14.2 Å². The molecule has 0 amide bonds. The fourth-order valence-electron chi connectivity index (χ4n) is 3.46. The van der Waals surface area contributed by atoms with Gasteiger partial charge >= 0.3 is 59.1 Å². The first kappa shape index (κ1) is 34.8. The van der Waals surface area contributed by atoms with Crippen molar-refractivity contribution in [3.05, 3.63) is 59.7 Å². The molecule has 0 bridgehead atoms. The van der Waals surface area contributed by atoms with Crippen molar-refractivity contribution in [1.29, 1.82) is 0 Å². The average Bonchev–Trinajstić information content (AvgIpc) is 2.77. The van der Waals surface area contributed by atoms with E-state index < -0.39 is 30.7 Å². The van der Waals surface area contributed by atoms with Crippen molar-refractivity contribution in [2.75, 3.05) is 27.4 Å². The molecule has 2 aromatic rings. The molecular formula is C22H32Na2O9S2. The molecule has 0 aliphatic rings. The zero-order chi connectivity index (χ0) is 24.5. The van der Waals surface area contributed by atoms with Crippen molar-refractivity contribution in [2.45, 2.75) is 36.2 Å². The van der Waals surface area contributed by atoms with Crippen LogP contribution in [0.4, 0.5) is 0 Å². The Kier molecular flexibility index (Phi) is 16.5. The van der Waals surface area contributed by atoms with E-state index in [1.807, 2.05) is 0 Å². The van der Waals surface area contributed by atoms with Crippen LogP contribution in [-0.4, -0.2) is 53.4 Å². The van der Waals surface area contributed by atoms with Gasteiger partial charge in [0.2, 0.25) is 0 Å². The third-order valence-electron chi connectivity index (χ3n) is 5.20. The van der Waals surface area contributed by atoms with Crippen molar-refractivity contribution in [2.24, 2.45) is 0 Å². The molecule has 0 saturated heterocycles. The van der Waals surface area contributed by atoms with Crippen molar-refractivity contribution >= 4 is 20.2 Å². The fourth-order valence-corrected chi connectivity index (χ4v) is 5.39. The van der Waals surface area contributed by atoms with Crippen molar-refractivity contribution in [3.8, 4) is 11.5 Å². The molecule has 0 spiro atoms. The van der Waals surface area contributed by atoms with Crippen LogP contribution < -0.4 is 68.6 Å². The van der Waals surface area contributed by atoms with Crippen molar-refractivity contribution < 1.29 is 102 Å². The Morgan fingerprint density at radius 1 is 0.686 bits per heavy atom. The molecule has 0 aliphatic carbocycles. The summed E-state index contributed by atoms with van der Waals surface area (Å²) in [6, 6.07) is 12.9. The predicted octanol–water partition coefficient (Wildman–Crippen LogP) is -1.93. The molecule has 2 rings (SSSR count). The van der Waals surface area contributed by atoms with Gasteiger partial charge in [0.1, 0.15) is 22.0 Å². The number of hydrogen-bond acceptors (Lipinski definition) is 7. The van der Waals surface area contributed by atoms with E-state index >= 15 is 0 Å². The first-order valence-corrected chi connectivity index (χ1v) is 13.3. The smallest absolute Gasteiger partial charge is 1.00 e. The van der Waals surface area contributed by atoms with Gasteiger partial charge in [0.15, 0.2) is 0 Å².